The zero-order valence-electron chi connectivity index (χ0n) is 9.77. The minimum Gasteiger partial charge on any atom is -0.398 e. The fourth-order valence-corrected chi connectivity index (χ4v) is 1.73. The number of nitrogens with two attached hydrogens (primary N) is 1. The van der Waals surface area contributed by atoms with Gasteiger partial charge in [0.1, 0.15) is 5.82 Å². The topological polar surface area (TPSA) is 68.0 Å². The van der Waals surface area contributed by atoms with Gasteiger partial charge in [0, 0.05) is 5.69 Å². The lowest BCUT2D eigenvalue weighted by Gasteiger charge is -2.07. The Balaban J connectivity index is 2.25. The Morgan fingerprint density at radius 1 is 1.28 bits per heavy atom. The molecule has 0 aliphatic carbocycles. The molecule has 0 saturated heterocycles. The van der Waals surface area contributed by atoms with Gasteiger partial charge in [-0.3, -0.25) is 4.79 Å². The van der Waals surface area contributed by atoms with E-state index in [1.165, 1.54) is 0 Å². The number of aryl methyl sites for hydroxylation is 1. The number of pyridine rings is 1. The monoisotopic (exact) mass is 261 g/mol. The third-order valence-electron chi connectivity index (χ3n) is 2.40. The van der Waals surface area contributed by atoms with Crippen molar-refractivity contribution in [3.8, 4) is 0 Å². The number of nitrogens with zero attached hydrogens (tertiary/aromatic N) is 1. The first kappa shape index (κ1) is 12.4. The van der Waals surface area contributed by atoms with Crippen LogP contribution in [0.2, 0.25) is 5.02 Å². The second kappa shape index (κ2) is 5.06. The maximum absolute atomic E-state index is 12.0. The quantitative estimate of drug-likeness (QED) is 0.817. The summed E-state index contributed by atoms with van der Waals surface area (Å²) >= 11 is 5.98. The minimum atomic E-state index is -0.328. The number of carbonyl (C=O) groups excluding carboxylic acids is 1. The maximum Gasteiger partial charge on any atom is 0.258 e. The van der Waals surface area contributed by atoms with Crippen molar-refractivity contribution in [1.29, 1.82) is 0 Å². The summed E-state index contributed by atoms with van der Waals surface area (Å²) in [7, 11) is 0. The van der Waals surface area contributed by atoms with E-state index in [4.69, 9.17) is 17.3 Å². The van der Waals surface area contributed by atoms with Crippen LogP contribution < -0.4 is 11.1 Å². The molecule has 0 spiro atoms. The fourth-order valence-electron chi connectivity index (χ4n) is 1.52. The van der Waals surface area contributed by atoms with Crippen LogP contribution in [0.4, 0.5) is 11.5 Å². The molecule has 0 unspecified atom stereocenters. The van der Waals surface area contributed by atoms with E-state index in [0.717, 1.165) is 5.69 Å². The molecule has 0 aliphatic heterocycles. The van der Waals surface area contributed by atoms with E-state index in [-0.39, 0.29) is 10.9 Å². The summed E-state index contributed by atoms with van der Waals surface area (Å²) in [5, 5.41) is 2.93. The largest absolute Gasteiger partial charge is 0.398 e. The smallest absolute Gasteiger partial charge is 0.258 e. The van der Waals surface area contributed by atoms with Gasteiger partial charge < -0.3 is 11.1 Å². The number of nitrogen functional groups attached to an aromatic ring is 1. The summed E-state index contributed by atoms with van der Waals surface area (Å²) in [6, 6.07) is 10.3. The second-order valence-electron chi connectivity index (χ2n) is 3.83. The van der Waals surface area contributed by atoms with Crippen LogP contribution in [-0.2, 0) is 0 Å². The summed E-state index contributed by atoms with van der Waals surface area (Å²) in [6.45, 7) is 1.85. The predicted molar refractivity (Wildman–Crippen MR) is 72.8 cm³/mol. The lowest BCUT2D eigenvalue weighted by molar-refractivity contribution is 0.102. The highest BCUT2D eigenvalue weighted by molar-refractivity contribution is 6.36. The average molecular weight is 262 g/mol. The number of rotatable bonds is 2. The van der Waals surface area contributed by atoms with Gasteiger partial charge in [-0.1, -0.05) is 23.7 Å². The summed E-state index contributed by atoms with van der Waals surface area (Å²) in [5.41, 5.74) is 7.18. The normalized spacial score (nSPS) is 10.1. The Hall–Kier alpha value is -2.07. The van der Waals surface area contributed by atoms with E-state index in [9.17, 15) is 4.79 Å². The number of benzene rings is 1. The number of aromatic nitrogens is 1. The molecule has 5 heteroatoms. The van der Waals surface area contributed by atoms with Gasteiger partial charge in [-0.15, -0.1) is 0 Å². The van der Waals surface area contributed by atoms with Crippen LogP contribution in [0.3, 0.4) is 0 Å². The molecule has 3 N–H and O–H groups in total. The Morgan fingerprint density at radius 3 is 2.72 bits per heavy atom. The third kappa shape index (κ3) is 2.60. The van der Waals surface area contributed by atoms with E-state index in [1.54, 1.807) is 24.3 Å². The zero-order valence-corrected chi connectivity index (χ0v) is 10.5. The van der Waals surface area contributed by atoms with Crippen molar-refractivity contribution in [2.45, 2.75) is 6.92 Å². The predicted octanol–water partition coefficient (Wildman–Crippen LogP) is 2.88. The van der Waals surface area contributed by atoms with Gasteiger partial charge in [-0.05, 0) is 31.2 Å². The molecule has 18 heavy (non-hydrogen) atoms. The maximum atomic E-state index is 12.0. The minimum absolute atomic E-state index is 0.252. The van der Waals surface area contributed by atoms with Crippen molar-refractivity contribution in [3.05, 3.63) is 52.7 Å². The molecule has 2 aromatic rings. The number of amides is 1. The van der Waals surface area contributed by atoms with Crippen molar-refractivity contribution in [2.75, 3.05) is 11.1 Å². The highest BCUT2D eigenvalue weighted by Crippen LogP contribution is 2.23. The molecule has 0 fully saturated rings. The van der Waals surface area contributed by atoms with Gasteiger partial charge in [-0.25, -0.2) is 4.98 Å². The molecule has 0 radical (unpaired) electrons. The van der Waals surface area contributed by atoms with Crippen LogP contribution in [0.25, 0.3) is 0 Å². The Labute approximate surface area is 110 Å². The van der Waals surface area contributed by atoms with Crippen LogP contribution in [0.1, 0.15) is 16.1 Å². The number of anilines is 2. The molecule has 1 amide bonds. The van der Waals surface area contributed by atoms with E-state index in [2.05, 4.69) is 10.3 Å². The van der Waals surface area contributed by atoms with Crippen molar-refractivity contribution >= 4 is 29.0 Å². The van der Waals surface area contributed by atoms with Crippen LogP contribution in [-0.4, -0.2) is 10.9 Å². The standard InChI is InChI=1S/C13H12ClN3O/c1-8-4-2-7-11(16-8)17-13(18)9-5-3-6-10(15)12(9)14/h2-7H,15H2,1H3,(H,16,17,18). The van der Waals surface area contributed by atoms with Crippen molar-refractivity contribution in [3.63, 3.8) is 0 Å². The second-order valence-corrected chi connectivity index (χ2v) is 4.21. The van der Waals surface area contributed by atoms with Crippen LogP contribution in [0.5, 0.6) is 0 Å². The first-order chi connectivity index (χ1) is 8.58. The van der Waals surface area contributed by atoms with E-state index in [0.29, 0.717) is 17.1 Å². The van der Waals surface area contributed by atoms with Gasteiger partial charge in [0.05, 0.1) is 16.3 Å². The summed E-state index contributed by atoms with van der Waals surface area (Å²) in [6.07, 6.45) is 0. The average Bonchev–Trinajstić information content (AvgIpc) is 2.32. The van der Waals surface area contributed by atoms with Gasteiger partial charge >= 0.3 is 0 Å². The van der Waals surface area contributed by atoms with Crippen molar-refractivity contribution < 1.29 is 4.79 Å². The Morgan fingerprint density at radius 2 is 2.00 bits per heavy atom. The number of halogens is 1. The van der Waals surface area contributed by atoms with Crippen molar-refractivity contribution in [1.82, 2.24) is 4.98 Å². The molecule has 92 valence electrons. The molecular weight excluding hydrogens is 250 g/mol. The number of nitrogens with one attached hydrogen (secondary N) is 1. The Bertz CT molecular complexity index is 599. The van der Waals surface area contributed by atoms with E-state index < -0.39 is 0 Å². The molecule has 1 heterocycles. The number of carbonyl (C=O) groups is 1. The summed E-state index contributed by atoms with van der Waals surface area (Å²) in [4.78, 5) is 16.2. The van der Waals surface area contributed by atoms with Gasteiger partial charge in [0.25, 0.3) is 5.91 Å². The molecule has 4 nitrogen and oxygen atoms in total. The van der Waals surface area contributed by atoms with Crippen molar-refractivity contribution in [2.24, 2.45) is 0 Å². The van der Waals surface area contributed by atoms with Gasteiger partial charge in [-0.2, -0.15) is 0 Å². The van der Waals surface area contributed by atoms with E-state index in [1.807, 2.05) is 19.1 Å². The molecule has 0 saturated carbocycles. The van der Waals surface area contributed by atoms with Gasteiger partial charge in [0.2, 0.25) is 0 Å². The SMILES string of the molecule is Cc1cccc(NC(=O)c2cccc(N)c2Cl)n1. The molecule has 1 aromatic heterocycles. The molecule has 0 aliphatic rings. The molecule has 0 atom stereocenters. The lowest BCUT2D eigenvalue weighted by Crippen LogP contribution is -2.14. The highest BCUT2D eigenvalue weighted by atomic mass is 35.5. The molecule has 0 bridgehead atoms. The summed E-state index contributed by atoms with van der Waals surface area (Å²) in [5.74, 6) is 0.156. The van der Waals surface area contributed by atoms with Crippen LogP contribution in [0.15, 0.2) is 36.4 Å². The molecule has 1 aromatic carbocycles. The number of hydrogen-bond acceptors (Lipinski definition) is 3. The van der Waals surface area contributed by atoms with E-state index >= 15 is 0 Å². The molecular formula is C13H12ClN3O. The van der Waals surface area contributed by atoms with Gasteiger partial charge in [0.15, 0.2) is 0 Å². The number of hydrogen-bond donors (Lipinski definition) is 2. The highest BCUT2D eigenvalue weighted by Gasteiger charge is 2.12. The third-order valence-corrected chi connectivity index (χ3v) is 2.82. The summed E-state index contributed by atoms with van der Waals surface area (Å²) < 4.78 is 0. The lowest BCUT2D eigenvalue weighted by atomic mass is 10.2. The fraction of sp³-hybridized carbons (Fsp3) is 0.0769. The van der Waals surface area contributed by atoms with Crippen LogP contribution in [0, 0.1) is 6.92 Å². The zero-order chi connectivity index (χ0) is 13.1. The first-order valence-electron chi connectivity index (χ1n) is 5.37. The van der Waals surface area contributed by atoms with Crippen LogP contribution >= 0.6 is 11.6 Å². The Kier molecular flexibility index (Phi) is 3.48. The first-order valence-corrected chi connectivity index (χ1v) is 5.74. The molecule has 2 rings (SSSR count).